The molecule has 2 rings (SSSR count). The molecule has 0 aliphatic rings. The van der Waals surface area contributed by atoms with Crippen LogP contribution in [-0.4, -0.2) is 18.0 Å². The zero-order valence-corrected chi connectivity index (χ0v) is 11.2. The molecule has 0 spiro atoms. The highest BCUT2D eigenvalue weighted by Crippen LogP contribution is 2.30. The average Bonchev–Trinajstić information content (AvgIpc) is 2.48. The molecule has 5 nitrogen and oxygen atoms in total. The number of nitrogens with one attached hydrogen (secondary N) is 1. The minimum atomic E-state index is -0.348. The van der Waals surface area contributed by atoms with Crippen molar-refractivity contribution in [3.05, 3.63) is 58.6 Å². The van der Waals surface area contributed by atoms with Crippen molar-refractivity contribution in [2.45, 2.75) is 6.42 Å². The maximum Gasteiger partial charge on any atom is 0.292 e. The van der Waals surface area contributed by atoms with E-state index in [4.69, 9.17) is 0 Å². The quantitative estimate of drug-likeness (QED) is 0.481. The predicted molar refractivity (Wildman–Crippen MR) is 79.4 cm³/mol. The van der Waals surface area contributed by atoms with Crippen LogP contribution in [0.4, 0.5) is 11.4 Å². The van der Waals surface area contributed by atoms with Gasteiger partial charge in [0.1, 0.15) is 5.69 Å². The third-order valence-corrected chi connectivity index (χ3v) is 3.04. The fraction of sp³-hybridized carbons (Fsp3) is 0.200. The Hall–Kier alpha value is -2.40. The standard InChI is InChI=1S/C15H17N3O2/c16-9-4-10-17-14-8-7-13(11-15(14)18(19)20)12-5-2-1-3-6-12/h1-3,5-8,11,17H,4,9-10,16H2/p+1. The van der Waals surface area contributed by atoms with E-state index in [-0.39, 0.29) is 10.6 Å². The first-order valence-corrected chi connectivity index (χ1v) is 6.59. The monoisotopic (exact) mass is 272 g/mol. The molecule has 0 atom stereocenters. The van der Waals surface area contributed by atoms with E-state index in [0.717, 1.165) is 24.1 Å². The number of nitro benzene ring substituents is 1. The van der Waals surface area contributed by atoms with Crippen LogP contribution in [0.1, 0.15) is 6.42 Å². The van der Waals surface area contributed by atoms with E-state index < -0.39 is 0 Å². The molecule has 104 valence electrons. The highest BCUT2D eigenvalue weighted by atomic mass is 16.6. The minimum absolute atomic E-state index is 0.107. The molecule has 0 radical (unpaired) electrons. The number of hydrogen-bond acceptors (Lipinski definition) is 3. The van der Waals surface area contributed by atoms with Gasteiger partial charge < -0.3 is 11.1 Å². The summed E-state index contributed by atoms with van der Waals surface area (Å²) in [5.41, 5.74) is 6.24. The number of quaternary nitrogens is 1. The number of hydrogen-bond donors (Lipinski definition) is 2. The maximum absolute atomic E-state index is 11.2. The average molecular weight is 272 g/mol. The van der Waals surface area contributed by atoms with Crippen molar-refractivity contribution >= 4 is 11.4 Å². The lowest BCUT2D eigenvalue weighted by molar-refractivity contribution is -0.384. The smallest absolute Gasteiger partial charge is 0.292 e. The van der Waals surface area contributed by atoms with Gasteiger partial charge in [-0.1, -0.05) is 36.4 Å². The fourth-order valence-corrected chi connectivity index (χ4v) is 1.99. The molecule has 0 aliphatic carbocycles. The Kier molecular flexibility index (Phi) is 4.68. The van der Waals surface area contributed by atoms with Gasteiger partial charge in [-0.25, -0.2) is 0 Å². The second-order valence-electron chi connectivity index (χ2n) is 4.49. The predicted octanol–water partition coefficient (Wildman–Crippen LogP) is 2.31. The highest BCUT2D eigenvalue weighted by Gasteiger charge is 2.14. The third kappa shape index (κ3) is 3.33. The van der Waals surface area contributed by atoms with Crippen LogP contribution in [0.15, 0.2) is 48.5 Å². The van der Waals surface area contributed by atoms with E-state index in [1.54, 1.807) is 12.1 Å². The number of anilines is 1. The summed E-state index contributed by atoms with van der Waals surface area (Å²) in [6, 6.07) is 14.9. The topological polar surface area (TPSA) is 82.8 Å². The second-order valence-corrected chi connectivity index (χ2v) is 4.49. The SMILES string of the molecule is [NH3+]CCCNc1ccc(-c2ccccc2)cc1[N+](=O)[O-]. The molecule has 4 N–H and O–H groups in total. The molecule has 0 saturated carbocycles. The van der Waals surface area contributed by atoms with Crippen LogP contribution in [0.25, 0.3) is 11.1 Å². The summed E-state index contributed by atoms with van der Waals surface area (Å²) in [5, 5.41) is 14.3. The number of rotatable bonds is 6. The molecule has 0 bridgehead atoms. The lowest BCUT2D eigenvalue weighted by atomic mass is 10.0. The first kappa shape index (κ1) is 14.0. The van der Waals surface area contributed by atoms with E-state index >= 15 is 0 Å². The van der Waals surface area contributed by atoms with Gasteiger partial charge in [0.15, 0.2) is 0 Å². The van der Waals surface area contributed by atoms with Gasteiger partial charge in [-0.2, -0.15) is 0 Å². The van der Waals surface area contributed by atoms with Crippen LogP contribution in [0, 0.1) is 10.1 Å². The van der Waals surface area contributed by atoms with E-state index in [9.17, 15) is 10.1 Å². The lowest BCUT2D eigenvalue weighted by Gasteiger charge is -2.08. The Balaban J connectivity index is 2.30. The Bertz CT molecular complexity index is 585. The molecule has 0 aromatic heterocycles. The van der Waals surface area contributed by atoms with Gasteiger partial charge in [-0.3, -0.25) is 10.1 Å². The number of nitrogens with zero attached hydrogens (tertiary/aromatic N) is 1. The molecular formula is C15H18N3O2+. The van der Waals surface area contributed by atoms with Crippen molar-refractivity contribution in [1.29, 1.82) is 0 Å². The largest absolute Gasteiger partial charge is 0.379 e. The van der Waals surface area contributed by atoms with Crippen LogP contribution in [0.2, 0.25) is 0 Å². The Labute approximate surface area is 117 Å². The van der Waals surface area contributed by atoms with Crippen molar-refractivity contribution in [3.63, 3.8) is 0 Å². The molecule has 2 aromatic carbocycles. The molecule has 5 heteroatoms. The molecule has 0 aliphatic heterocycles. The van der Waals surface area contributed by atoms with E-state index in [1.807, 2.05) is 36.4 Å². The molecular weight excluding hydrogens is 254 g/mol. The highest BCUT2D eigenvalue weighted by molar-refractivity contribution is 5.73. The second kappa shape index (κ2) is 6.68. The maximum atomic E-state index is 11.2. The van der Waals surface area contributed by atoms with Crippen LogP contribution < -0.4 is 11.1 Å². The van der Waals surface area contributed by atoms with Gasteiger partial charge in [-0.15, -0.1) is 0 Å². The lowest BCUT2D eigenvalue weighted by Crippen LogP contribution is -2.50. The zero-order valence-electron chi connectivity index (χ0n) is 11.2. The summed E-state index contributed by atoms with van der Waals surface area (Å²) < 4.78 is 0. The van der Waals surface area contributed by atoms with Crippen LogP contribution in [0.5, 0.6) is 0 Å². The van der Waals surface area contributed by atoms with E-state index in [1.165, 1.54) is 0 Å². The Morgan fingerprint density at radius 2 is 1.85 bits per heavy atom. The van der Waals surface area contributed by atoms with Crippen LogP contribution >= 0.6 is 0 Å². The first-order valence-electron chi connectivity index (χ1n) is 6.59. The fourth-order valence-electron chi connectivity index (χ4n) is 1.99. The normalized spacial score (nSPS) is 10.2. The molecule has 2 aromatic rings. The molecule has 0 saturated heterocycles. The van der Waals surface area contributed by atoms with Crippen molar-refractivity contribution in [1.82, 2.24) is 0 Å². The van der Waals surface area contributed by atoms with Gasteiger partial charge in [0.05, 0.1) is 11.5 Å². The Morgan fingerprint density at radius 1 is 1.10 bits per heavy atom. The number of nitro groups is 1. The van der Waals surface area contributed by atoms with Gasteiger partial charge in [-0.05, 0) is 17.2 Å². The summed E-state index contributed by atoms with van der Waals surface area (Å²) in [5.74, 6) is 0. The summed E-state index contributed by atoms with van der Waals surface area (Å²) in [6.45, 7) is 1.50. The zero-order chi connectivity index (χ0) is 14.4. The number of benzene rings is 2. The molecule has 0 heterocycles. The summed E-state index contributed by atoms with van der Waals surface area (Å²) in [4.78, 5) is 10.8. The molecule has 0 unspecified atom stereocenters. The Morgan fingerprint density at radius 3 is 2.50 bits per heavy atom. The van der Waals surface area contributed by atoms with Crippen LogP contribution in [-0.2, 0) is 0 Å². The van der Waals surface area contributed by atoms with Crippen molar-refractivity contribution in [2.75, 3.05) is 18.4 Å². The molecule has 0 fully saturated rings. The first-order chi connectivity index (χ1) is 9.72. The van der Waals surface area contributed by atoms with Gasteiger partial charge in [0.25, 0.3) is 5.69 Å². The van der Waals surface area contributed by atoms with Gasteiger partial charge in [0, 0.05) is 19.0 Å². The van der Waals surface area contributed by atoms with E-state index in [0.29, 0.717) is 12.2 Å². The van der Waals surface area contributed by atoms with Crippen LogP contribution in [0.3, 0.4) is 0 Å². The summed E-state index contributed by atoms with van der Waals surface area (Å²) in [7, 11) is 0. The minimum Gasteiger partial charge on any atom is -0.379 e. The van der Waals surface area contributed by atoms with Gasteiger partial charge >= 0.3 is 0 Å². The van der Waals surface area contributed by atoms with Crippen molar-refractivity contribution in [3.8, 4) is 11.1 Å². The summed E-state index contributed by atoms with van der Waals surface area (Å²) >= 11 is 0. The molecule has 20 heavy (non-hydrogen) atoms. The van der Waals surface area contributed by atoms with E-state index in [2.05, 4.69) is 11.1 Å². The molecule has 0 amide bonds. The third-order valence-electron chi connectivity index (χ3n) is 3.04. The van der Waals surface area contributed by atoms with Gasteiger partial charge in [0.2, 0.25) is 0 Å². The summed E-state index contributed by atoms with van der Waals surface area (Å²) in [6.07, 6.45) is 0.886. The van der Waals surface area contributed by atoms with Crippen molar-refractivity contribution in [2.24, 2.45) is 0 Å². The van der Waals surface area contributed by atoms with Crippen molar-refractivity contribution < 1.29 is 10.7 Å².